The number of rotatable bonds is 4. The van der Waals surface area contributed by atoms with E-state index in [9.17, 15) is 0 Å². The first-order valence-electron chi connectivity index (χ1n) is 21.4. The summed E-state index contributed by atoms with van der Waals surface area (Å²) in [6.45, 7) is 0. The highest BCUT2D eigenvalue weighted by atomic mass is 15.1. The van der Waals surface area contributed by atoms with Crippen molar-refractivity contribution in [1.82, 2.24) is 18.3 Å². The van der Waals surface area contributed by atoms with Crippen molar-refractivity contribution in [3.63, 3.8) is 0 Å². The number of hydrogen-bond acceptors (Lipinski definition) is 0. The molecule has 0 aliphatic carbocycles. The molecule has 14 aromatic rings. The fraction of sp³-hybridized carbons (Fsp3) is 0. The molecule has 4 heterocycles. The van der Waals surface area contributed by atoms with Gasteiger partial charge in [-0.3, -0.25) is 0 Å². The molecule has 4 heteroatoms. The fourth-order valence-corrected chi connectivity index (χ4v) is 10.8. The Bertz CT molecular complexity index is 3870. The normalized spacial score (nSPS) is 12.2. The average molecular weight is 789 g/mol. The van der Waals surface area contributed by atoms with E-state index >= 15 is 0 Å². The van der Waals surface area contributed by atoms with Gasteiger partial charge in [-0.2, -0.15) is 0 Å². The number of benzene rings is 10. The zero-order chi connectivity index (χ0) is 40.5. The molecule has 288 valence electrons. The monoisotopic (exact) mass is 788 g/mol. The third-order valence-electron chi connectivity index (χ3n) is 13.3. The summed E-state index contributed by atoms with van der Waals surface area (Å²) in [4.78, 5) is 0. The lowest BCUT2D eigenvalue weighted by molar-refractivity contribution is 1.14. The van der Waals surface area contributed by atoms with Gasteiger partial charge in [0.25, 0.3) is 0 Å². The van der Waals surface area contributed by atoms with E-state index in [-0.39, 0.29) is 0 Å². The molecule has 0 aliphatic heterocycles. The van der Waals surface area contributed by atoms with E-state index in [4.69, 9.17) is 0 Å². The van der Waals surface area contributed by atoms with Crippen LogP contribution >= 0.6 is 0 Å². The summed E-state index contributed by atoms with van der Waals surface area (Å²) in [5.41, 5.74) is 14.2. The smallest absolute Gasteiger partial charge is 0.0789 e. The van der Waals surface area contributed by atoms with Gasteiger partial charge in [0.2, 0.25) is 0 Å². The molecule has 10 aromatic carbocycles. The van der Waals surface area contributed by atoms with Crippen LogP contribution in [0.2, 0.25) is 0 Å². The number of fused-ring (bicyclic) bond motifs is 15. The van der Waals surface area contributed by atoms with Gasteiger partial charge < -0.3 is 18.3 Å². The van der Waals surface area contributed by atoms with Crippen molar-refractivity contribution in [2.24, 2.45) is 0 Å². The fourth-order valence-electron chi connectivity index (χ4n) is 10.8. The van der Waals surface area contributed by atoms with Crippen molar-refractivity contribution in [3.8, 4) is 22.7 Å². The van der Waals surface area contributed by atoms with Gasteiger partial charge in [0, 0.05) is 65.2 Å². The molecule has 0 amide bonds. The van der Waals surface area contributed by atoms with Crippen LogP contribution in [0.3, 0.4) is 0 Å². The summed E-state index contributed by atoms with van der Waals surface area (Å²) in [6.07, 6.45) is 0. The molecule has 0 bridgehead atoms. The van der Waals surface area contributed by atoms with Gasteiger partial charge in [-0.1, -0.05) is 158 Å². The number of aromatic nitrogens is 4. The van der Waals surface area contributed by atoms with E-state index in [0.717, 1.165) is 22.7 Å². The lowest BCUT2D eigenvalue weighted by Crippen LogP contribution is -2.02. The maximum absolute atomic E-state index is 2.54. The Balaban J connectivity index is 1.14. The van der Waals surface area contributed by atoms with Crippen molar-refractivity contribution < 1.29 is 0 Å². The average Bonchev–Trinajstić information content (AvgIpc) is 4.07. The lowest BCUT2D eigenvalue weighted by atomic mass is 10.1. The van der Waals surface area contributed by atoms with Gasteiger partial charge in [0.05, 0.1) is 55.5 Å². The Morgan fingerprint density at radius 3 is 0.774 bits per heavy atom. The van der Waals surface area contributed by atoms with Crippen LogP contribution in [0.25, 0.3) is 121 Å². The lowest BCUT2D eigenvalue weighted by Gasteiger charge is -2.18. The molecule has 0 unspecified atom stereocenters. The van der Waals surface area contributed by atoms with Crippen LogP contribution in [0.5, 0.6) is 0 Å². The Hall–Kier alpha value is -8.34. The number of nitrogens with zero attached hydrogens (tertiary/aromatic N) is 4. The standard InChI is InChI=1S/C58H36N4/c1-3-17-37(18-4-1)59-49-27-13-9-23-41(49)45-31-33-47-43-25-11-15-29-51(43)61(57(47)55(45)59)53-35-36-54(40-22-8-7-21-39(40)53)62-52-30-16-12-26-44(52)48-34-32-46-42-24-10-14-28-50(42)60(56(46)58(48)62)38-19-5-2-6-20-38/h1-36H. The summed E-state index contributed by atoms with van der Waals surface area (Å²) >= 11 is 0. The first-order chi connectivity index (χ1) is 30.8. The number of hydrogen-bond donors (Lipinski definition) is 0. The molecule has 0 saturated heterocycles. The molecular weight excluding hydrogens is 753 g/mol. The second kappa shape index (κ2) is 12.6. The molecule has 0 fully saturated rings. The van der Waals surface area contributed by atoms with Crippen LogP contribution in [0.1, 0.15) is 0 Å². The highest BCUT2D eigenvalue weighted by Gasteiger charge is 2.25. The molecule has 62 heavy (non-hydrogen) atoms. The summed E-state index contributed by atoms with van der Waals surface area (Å²) < 4.78 is 10.0. The first kappa shape index (κ1) is 33.5. The van der Waals surface area contributed by atoms with Crippen LogP contribution in [0.4, 0.5) is 0 Å². The van der Waals surface area contributed by atoms with E-state index in [1.807, 2.05) is 0 Å². The Morgan fingerprint density at radius 2 is 0.435 bits per heavy atom. The second-order valence-electron chi connectivity index (χ2n) is 16.4. The maximum Gasteiger partial charge on any atom is 0.0789 e. The molecule has 0 N–H and O–H groups in total. The quantitative estimate of drug-likeness (QED) is 0.169. The Morgan fingerprint density at radius 1 is 0.177 bits per heavy atom. The minimum Gasteiger partial charge on any atom is -0.307 e. The molecule has 14 rings (SSSR count). The van der Waals surface area contributed by atoms with Crippen molar-refractivity contribution in [2.45, 2.75) is 0 Å². The van der Waals surface area contributed by atoms with Gasteiger partial charge in [-0.05, 0) is 60.7 Å². The molecule has 4 aromatic heterocycles. The largest absolute Gasteiger partial charge is 0.307 e. The van der Waals surface area contributed by atoms with Crippen molar-refractivity contribution in [2.75, 3.05) is 0 Å². The van der Waals surface area contributed by atoms with Crippen LogP contribution < -0.4 is 0 Å². The highest BCUT2D eigenvalue weighted by Crippen LogP contribution is 2.46. The zero-order valence-electron chi connectivity index (χ0n) is 33.6. The van der Waals surface area contributed by atoms with Crippen molar-refractivity contribution in [1.29, 1.82) is 0 Å². The molecule has 0 aliphatic rings. The van der Waals surface area contributed by atoms with Crippen molar-refractivity contribution >= 4 is 98.0 Å². The predicted molar refractivity (Wildman–Crippen MR) is 261 cm³/mol. The van der Waals surface area contributed by atoms with Crippen LogP contribution in [0.15, 0.2) is 218 Å². The van der Waals surface area contributed by atoms with Crippen LogP contribution in [0, 0.1) is 0 Å². The minimum atomic E-state index is 1.15. The Labute approximate surface area is 355 Å². The summed E-state index contributed by atoms with van der Waals surface area (Å²) in [6, 6.07) is 80.2. The summed E-state index contributed by atoms with van der Waals surface area (Å²) in [7, 11) is 0. The molecule has 0 spiro atoms. The van der Waals surface area contributed by atoms with Gasteiger partial charge in [0.1, 0.15) is 0 Å². The second-order valence-corrected chi connectivity index (χ2v) is 16.4. The predicted octanol–water partition coefficient (Wildman–Crippen LogP) is 15.2. The zero-order valence-corrected chi connectivity index (χ0v) is 33.6. The third kappa shape index (κ3) is 4.40. The molecule has 0 radical (unpaired) electrons. The topological polar surface area (TPSA) is 19.7 Å². The van der Waals surface area contributed by atoms with E-state index in [1.165, 1.54) is 98.0 Å². The maximum atomic E-state index is 2.54. The molecule has 0 atom stereocenters. The Kier molecular flexibility index (Phi) is 6.80. The van der Waals surface area contributed by atoms with Crippen LogP contribution in [-0.2, 0) is 0 Å². The molecule has 0 saturated carbocycles. The number of para-hydroxylation sites is 6. The van der Waals surface area contributed by atoms with E-state index < -0.39 is 0 Å². The highest BCUT2D eigenvalue weighted by molar-refractivity contribution is 6.26. The molecule has 4 nitrogen and oxygen atoms in total. The first-order valence-corrected chi connectivity index (χ1v) is 21.4. The van der Waals surface area contributed by atoms with E-state index in [2.05, 4.69) is 237 Å². The van der Waals surface area contributed by atoms with Crippen LogP contribution in [-0.4, -0.2) is 18.3 Å². The minimum absolute atomic E-state index is 1.15. The van der Waals surface area contributed by atoms with Gasteiger partial charge in [-0.15, -0.1) is 0 Å². The van der Waals surface area contributed by atoms with Crippen molar-refractivity contribution in [3.05, 3.63) is 218 Å². The summed E-state index contributed by atoms with van der Waals surface area (Å²) in [5, 5.41) is 12.3. The van der Waals surface area contributed by atoms with E-state index in [1.54, 1.807) is 0 Å². The third-order valence-corrected chi connectivity index (χ3v) is 13.3. The van der Waals surface area contributed by atoms with Gasteiger partial charge in [0.15, 0.2) is 0 Å². The molecular formula is C58H36N4. The van der Waals surface area contributed by atoms with Gasteiger partial charge >= 0.3 is 0 Å². The van der Waals surface area contributed by atoms with E-state index in [0.29, 0.717) is 0 Å². The SMILES string of the molecule is c1ccc(-n2c3ccccc3c3ccc4c5ccccc5n(-c5ccc(-n6c7ccccc7c7ccc8c9ccccc9n(-c9ccccc9)c8c76)c6ccccc56)c4c32)cc1. The summed E-state index contributed by atoms with van der Waals surface area (Å²) in [5.74, 6) is 0. The van der Waals surface area contributed by atoms with Gasteiger partial charge in [-0.25, -0.2) is 0 Å².